The van der Waals surface area contributed by atoms with E-state index in [4.69, 9.17) is 45.6 Å². The Balaban J connectivity index is 0.000000345. The molecule has 0 fully saturated rings. The van der Waals surface area contributed by atoms with Gasteiger partial charge in [-0.05, 0) is 153 Å². The molecule has 5 aromatic heterocycles. The van der Waals surface area contributed by atoms with Crippen LogP contribution in [0.2, 0.25) is 5.02 Å². The summed E-state index contributed by atoms with van der Waals surface area (Å²) in [4.78, 5) is 77.6. The number of halogens is 6. The summed E-state index contributed by atoms with van der Waals surface area (Å²) in [6, 6.07) is 35.5. The maximum absolute atomic E-state index is 11.5. The summed E-state index contributed by atoms with van der Waals surface area (Å²) in [5, 5.41) is 46.9. The van der Waals surface area contributed by atoms with Crippen LogP contribution in [0.3, 0.4) is 0 Å². The van der Waals surface area contributed by atoms with Gasteiger partial charge in [-0.15, -0.1) is 28.5 Å². The first-order valence-corrected chi connectivity index (χ1v) is 37.8. The van der Waals surface area contributed by atoms with Crippen LogP contribution < -0.4 is 22.2 Å². The number of fused-ring (bicyclic) bond motifs is 5. The number of nitrogens with one attached hydrogen (secondary N) is 3. The van der Waals surface area contributed by atoms with E-state index in [1.807, 2.05) is 82.5 Å². The zero-order chi connectivity index (χ0) is 63.0. The average Bonchev–Trinajstić information content (AvgIpc) is 3.34. The maximum atomic E-state index is 11.5. The Hall–Kier alpha value is -5.94. The standard InChI is InChI=1S/C11H10N2O2S.C11H12N2S.C10H7ClN2O2.C10H8N2O3.C10H9NO.CH4.Cl3OP.2ClH.H3NO3.Sn/c1-7-5-11(16-2)9-6-8(13(14)15)3-4-10(9)12-7;1-7-5-11(14-2)9-6-8(12)3-4-10(9)13-7;1-6-4-9(11)8-5-7(13(14)15)2-3-10(8)12-6;1-6-4-10(13)8-5-7(12(14)15)2-3-9(8)11-6;1-7-6-10(12)8-4-2-3-5-9(8)11-7;;1-5(2,3)4;;;2-1-4-3;/h3-6H,1-2H3;3-6H,12H2,1-2H3;2-5H,1H3;2-5H,1H3,(H,11,13);2-6H,1H3,(H,11,12);1H4;;2*1H;1-3H;/q;;;;;;;;;;+2/p-2. The summed E-state index contributed by atoms with van der Waals surface area (Å²) < 4.78 is 9.51. The molecule has 85 heavy (non-hydrogen) atoms. The summed E-state index contributed by atoms with van der Waals surface area (Å²) in [6.07, 6.45) is 4.02. The number of nitro benzene ring substituents is 3. The number of aromatic nitrogens is 5. The Morgan fingerprint density at radius 3 is 1.38 bits per heavy atom. The second-order valence-electron chi connectivity index (χ2n) is 16.7. The van der Waals surface area contributed by atoms with Gasteiger partial charge in [0.25, 0.3) is 17.1 Å². The van der Waals surface area contributed by atoms with Crippen LogP contribution in [0.25, 0.3) is 54.5 Å². The Kier molecular flexibility index (Phi) is 32.6. The number of nitrogen functional groups attached to an aromatic ring is 1. The number of nitro groups is 3. The molecule has 5 heterocycles. The van der Waals surface area contributed by atoms with Gasteiger partial charge in [0.05, 0.1) is 41.7 Å². The Morgan fingerprint density at radius 2 is 0.941 bits per heavy atom. The second-order valence-corrected chi connectivity index (χ2v) is 29.7. The van der Waals surface area contributed by atoms with Crippen molar-refractivity contribution in [3.05, 3.63) is 212 Å². The van der Waals surface area contributed by atoms with Gasteiger partial charge in [0.1, 0.15) is 0 Å². The molecular weight excluding hydrogens is 1400 g/mol. The zero-order valence-corrected chi connectivity index (χ0v) is 54.8. The van der Waals surface area contributed by atoms with E-state index in [-0.39, 0.29) is 40.3 Å². The van der Waals surface area contributed by atoms with Crippen LogP contribution >= 0.6 is 91.9 Å². The van der Waals surface area contributed by atoms with Gasteiger partial charge in [-0.1, -0.05) is 31.2 Å². The van der Waals surface area contributed by atoms with Crippen molar-refractivity contribution in [2.24, 2.45) is 0 Å². The van der Waals surface area contributed by atoms with E-state index in [1.54, 1.807) is 66.8 Å². The van der Waals surface area contributed by atoms with Crippen molar-refractivity contribution >= 4 is 188 Å². The summed E-state index contributed by atoms with van der Waals surface area (Å²) in [5.41, 5.74) is 15.9. The third kappa shape index (κ3) is 25.1. The molecule has 0 saturated heterocycles. The van der Waals surface area contributed by atoms with Gasteiger partial charge in [-0.2, -0.15) is 0 Å². The third-order valence-electron chi connectivity index (χ3n) is 10.6. The molecule has 7 N–H and O–H groups in total. The van der Waals surface area contributed by atoms with Crippen LogP contribution in [0.5, 0.6) is 0 Å². The molecule has 0 bridgehead atoms. The first-order valence-electron chi connectivity index (χ1n) is 23.3. The fourth-order valence-corrected chi connectivity index (χ4v) is 8.97. The summed E-state index contributed by atoms with van der Waals surface area (Å²) in [5.74, 6) is 0. The molecule has 0 aliphatic carbocycles. The summed E-state index contributed by atoms with van der Waals surface area (Å²) in [7, 11) is 9.87. The number of anilines is 1. The van der Waals surface area contributed by atoms with Crippen LogP contribution in [0, 0.1) is 65.0 Å². The molecule has 10 rings (SSSR count). The van der Waals surface area contributed by atoms with E-state index in [1.165, 1.54) is 41.3 Å². The second kappa shape index (κ2) is 36.9. The number of thioether (sulfide) groups is 2. The fourth-order valence-electron chi connectivity index (χ4n) is 7.32. The van der Waals surface area contributed by atoms with Gasteiger partial charge < -0.3 is 15.7 Å². The molecular formula is C53H53Cl6N10O12PS2Sn. The first-order chi connectivity index (χ1) is 39.6. The number of pyridine rings is 5. The van der Waals surface area contributed by atoms with Gasteiger partial charge in [0.2, 0.25) is 0 Å². The Bertz CT molecular complexity index is 4110. The van der Waals surface area contributed by atoms with E-state index in [9.17, 15) is 44.5 Å². The van der Waals surface area contributed by atoms with Crippen molar-refractivity contribution in [2.45, 2.75) is 51.8 Å². The normalized spacial score (nSPS) is 10.2. The van der Waals surface area contributed by atoms with Crippen molar-refractivity contribution in [2.75, 3.05) is 18.2 Å². The van der Waals surface area contributed by atoms with Gasteiger partial charge in [0.15, 0.2) is 10.9 Å². The average molecular weight is 1450 g/mol. The number of nitrogens with two attached hydrogens (primary N) is 1. The van der Waals surface area contributed by atoms with Gasteiger partial charge >= 0.3 is 41.9 Å². The minimum atomic E-state index is -3.22. The number of hydrogen-bond donors (Lipinski definition) is 6. The van der Waals surface area contributed by atoms with Gasteiger partial charge in [-0.25, -0.2) is 5.26 Å². The van der Waals surface area contributed by atoms with E-state index in [0.717, 1.165) is 77.4 Å². The Labute approximate surface area is 530 Å². The SMILES string of the molecule is C.CSc1cc(C)nc2ccc(N)cc12.CSc1cc(C)nc2ccc([N+](=O)[O-])cc12.Cc1cc(=O)c2cc([N+](=O)[O-])ccc2[nH]1.Cc1cc(=O)c2ccccc2[nH]1.Cc1cc(Cl)c2cc([N+](=O)[O-])ccc2n1.O=P(Cl)(Cl)Cl.ONOO.[Cl][Sn][Cl]. The predicted octanol–water partition coefficient (Wildman–Crippen LogP) is 16.5. The van der Waals surface area contributed by atoms with Crippen LogP contribution in [-0.4, -0.2) is 81.6 Å². The topological polar surface area (TPSA) is 339 Å². The van der Waals surface area contributed by atoms with Crippen LogP contribution in [-0.2, 0) is 9.55 Å². The van der Waals surface area contributed by atoms with Crippen molar-refractivity contribution in [3.63, 3.8) is 0 Å². The van der Waals surface area contributed by atoms with E-state index < -0.39 is 33.9 Å². The number of non-ortho nitro benzene ring substituents is 3. The van der Waals surface area contributed by atoms with E-state index in [2.05, 4.69) is 76.0 Å². The molecule has 0 aliphatic heterocycles. The molecule has 0 saturated carbocycles. The minimum absolute atomic E-state index is 0. The number of aryl methyl sites for hydroxylation is 5. The summed E-state index contributed by atoms with van der Waals surface area (Å²) in [6.45, 7) is 9.40. The Morgan fingerprint density at radius 1 is 0.588 bits per heavy atom. The quantitative estimate of drug-likeness (QED) is 0.0171. The molecule has 10 aromatic rings. The molecule has 5 aromatic carbocycles. The number of nitrogens with zero attached hydrogens (tertiary/aromatic N) is 6. The predicted molar refractivity (Wildman–Crippen MR) is 349 cm³/mol. The van der Waals surface area contributed by atoms with Crippen LogP contribution in [0.1, 0.15) is 35.9 Å². The van der Waals surface area contributed by atoms with Crippen molar-refractivity contribution in [1.29, 1.82) is 0 Å². The number of aromatic amines is 2. The van der Waals surface area contributed by atoms with E-state index in [0.29, 0.717) is 26.8 Å². The molecule has 0 unspecified atom stereocenters. The van der Waals surface area contributed by atoms with Crippen LogP contribution in [0.15, 0.2) is 147 Å². The first kappa shape index (κ1) is 75.2. The molecule has 0 atom stereocenters. The number of hydrogen-bond acceptors (Lipinski definition) is 19. The monoisotopic (exact) mass is 1450 g/mol. The molecule has 2 radical (unpaired) electrons. The number of para-hydroxylation sites is 1. The zero-order valence-electron chi connectivity index (χ0n) is 44.9. The van der Waals surface area contributed by atoms with Gasteiger partial charge in [-0.3, -0.25) is 64.7 Å². The molecule has 0 amide bonds. The molecule has 450 valence electrons. The molecule has 32 heteroatoms. The molecule has 0 spiro atoms. The fraction of sp³-hybridized carbons (Fsp3) is 0.151. The number of rotatable bonds is 6. The van der Waals surface area contributed by atoms with E-state index >= 15 is 0 Å². The molecule has 0 aliphatic rings. The summed E-state index contributed by atoms with van der Waals surface area (Å²) >= 11 is 22.3. The third-order valence-corrected chi connectivity index (χ3v) is 12.5. The van der Waals surface area contributed by atoms with Crippen LogP contribution in [0.4, 0.5) is 22.7 Å². The number of benzene rings is 5. The number of H-pyrrole nitrogens is 2. The van der Waals surface area contributed by atoms with Crippen molar-refractivity contribution in [1.82, 2.24) is 30.6 Å². The van der Waals surface area contributed by atoms with Crippen molar-refractivity contribution in [3.8, 4) is 0 Å². The molecule has 22 nitrogen and oxygen atoms in total. The van der Waals surface area contributed by atoms with Gasteiger partial charge in [0, 0.05) is 125 Å². The van der Waals surface area contributed by atoms with Crippen molar-refractivity contribution < 1.29 is 34.8 Å².